The molecule has 4 nitrogen and oxygen atoms in total. The zero-order chi connectivity index (χ0) is 12.8. The van der Waals surface area contributed by atoms with Crippen LogP contribution < -0.4 is 20.1 Å². The van der Waals surface area contributed by atoms with E-state index in [1.807, 2.05) is 19.1 Å². The van der Waals surface area contributed by atoms with E-state index in [0.29, 0.717) is 12.6 Å². The molecule has 0 spiro atoms. The molecule has 0 unspecified atom stereocenters. The monoisotopic (exact) mass is 250 g/mol. The van der Waals surface area contributed by atoms with Crippen LogP contribution in [0.1, 0.15) is 19.8 Å². The summed E-state index contributed by atoms with van der Waals surface area (Å²) < 4.78 is 10.9. The highest BCUT2D eigenvalue weighted by molar-refractivity contribution is 5.55. The average Bonchev–Trinajstić information content (AvgIpc) is 2.42. The van der Waals surface area contributed by atoms with E-state index in [4.69, 9.17) is 9.47 Å². The minimum Gasteiger partial charge on any atom is -0.493 e. The molecule has 4 heteroatoms. The van der Waals surface area contributed by atoms with Crippen LogP contribution in [0.5, 0.6) is 11.5 Å². The fourth-order valence-electron chi connectivity index (χ4n) is 2.23. The Hall–Kier alpha value is -1.42. The van der Waals surface area contributed by atoms with Crippen molar-refractivity contribution in [3.8, 4) is 11.5 Å². The second-order valence-corrected chi connectivity index (χ2v) is 4.47. The number of benzene rings is 1. The predicted octanol–water partition coefficient (Wildman–Crippen LogP) is 2.26. The first-order valence-electron chi connectivity index (χ1n) is 6.61. The topological polar surface area (TPSA) is 42.5 Å². The van der Waals surface area contributed by atoms with Crippen molar-refractivity contribution in [2.75, 3.05) is 32.1 Å². The average molecular weight is 250 g/mol. The lowest BCUT2D eigenvalue weighted by Crippen LogP contribution is -2.35. The van der Waals surface area contributed by atoms with Gasteiger partial charge in [0.25, 0.3) is 0 Å². The SMILES string of the molecule is CCOc1ccc(NC2CCNCC2)cc1OC. The smallest absolute Gasteiger partial charge is 0.162 e. The van der Waals surface area contributed by atoms with Gasteiger partial charge in [0, 0.05) is 17.8 Å². The molecule has 1 aliphatic rings. The molecule has 0 aromatic heterocycles. The summed E-state index contributed by atoms with van der Waals surface area (Å²) >= 11 is 0. The summed E-state index contributed by atoms with van der Waals surface area (Å²) in [7, 11) is 1.67. The van der Waals surface area contributed by atoms with Gasteiger partial charge in [-0.15, -0.1) is 0 Å². The highest BCUT2D eigenvalue weighted by Gasteiger charge is 2.13. The second kappa shape index (κ2) is 6.50. The standard InChI is InChI=1S/C14H22N2O2/c1-3-18-13-5-4-12(10-14(13)17-2)16-11-6-8-15-9-7-11/h4-5,10-11,15-16H,3,6-9H2,1-2H3. The summed E-state index contributed by atoms with van der Waals surface area (Å²) in [5.41, 5.74) is 1.10. The summed E-state index contributed by atoms with van der Waals surface area (Å²) in [4.78, 5) is 0. The lowest BCUT2D eigenvalue weighted by Gasteiger charge is -2.25. The zero-order valence-corrected chi connectivity index (χ0v) is 11.2. The molecule has 0 amide bonds. The van der Waals surface area contributed by atoms with Crippen LogP contribution in [0.15, 0.2) is 18.2 Å². The highest BCUT2D eigenvalue weighted by atomic mass is 16.5. The van der Waals surface area contributed by atoms with Crippen molar-refractivity contribution in [2.24, 2.45) is 0 Å². The summed E-state index contributed by atoms with van der Waals surface area (Å²) in [5, 5.41) is 6.91. The van der Waals surface area contributed by atoms with Gasteiger partial charge in [-0.25, -0.2) is 0 Å². The third-order valence-corrected chi connectivity index (χ3v) is 3.17. The molecule has 1 aromatic rings. The summed E-state index contributed by atoms with van der Waals surface area (Å²) in [6.07, 6.45) is 2.32. The van der Waals surface area contributed by atoms with Crippen molar-refractivity contribution in [3.05, 3.63) is 18.2 Å². The molecule has 1 aromatic carbocycles. The number of piperidine rings is 1. The Kier molecular flexibility index (Phi) is 4.70. The Morgan fingerprint density at radius 3 is 2.72 bits per heavy atom. The van der Waals surface area contributed by atoms with E-state index in [9.17, 15) is 0 Å². The molecule has 2 rings (SSSR count). The highest BCUT2D eigenvalue weighted by Crippen LogP contribution is 2.30. The lowest BCUT2D eigenvalue weighted by atomic mass is 10.1. The maximum absolute atomic E-state index is 5.51. The molecule has 100 valence electrons. The first-order valence-corrected chi connectivity index (χ1v) is 6.61. The van der Waals surface area contributed by atoms with Crippen molar-refractivity contribution < 1.29 is 9.47 Å². The van der Waals surface area contributed by atoms with Crippen LogP contribution in [0.4, 0.5) is 5.69 Å². The molecule has 0 aliphatic carbocycles. The van der Waals surface area contributed by atoms with Crippen molar-refractivity contribution in [2.45, 2.75) is 25.8 Å². The van der Waals surface area contributed by atoms with Crippen molar-refractivity contribution in [3.63, 3.8) is 0 Å². The van der Waals surface area contributed by atoms with Crippen LogP contribution in [0.3, 0.4) is 0 Å². The number of anilines is 1. The van der Waals surface area contributed by atoms with Gasteiger partial charge in [0.1, 0.15) is 0 Å². The maximum atomic E-state index is 5.51. The largest absolute Gasteiger partial charge is 0.493 e. The molecule has 0 atom stereocenters. The lowest BCUT2D eigenvalue weighted by molar-refractivity contribution is 0.311. The van der Waals surface area contributed by atoms with Gasteiger partial charge < -0.3 is 20.1 Å². The minimum absolute atomic E-state index is 0.550. The van der Waals surface area contributed by atoms with Gasteiger partial charge in [-0.2, -0.15) is 0 Å². The molecule has 1 saturated heterocycles. The van der Waals surface area contributed by atoms with E-state index in [1.54, 1.807) is 7.11 Å². The normalized spacial score (nSPS) is 16.3. The third-order valence-electron chi connectivity index (χ3n) is 3.17. The van der Waals surface area contributed by atoms with Crippen LogP contribution in [0.25, 0.3) is 0 Å². The number of hydrogen-bond donors (Lipinski definition) is 2. The first kappa shape index (κ1) is 13.0. The van der Waals surface area contributed by atoms with Gasteiger partial charge in [0.2, 0.25) is 0 Å². The first-order chi connectivity index (χ1) is 8.83. The second-order valence-electron chi connectivity index (χ2n) is 4.47. The van der Waals surface area contributed by atoms with E-state index < -0.39 is 0 Å². The van der Waals surface area contributed by atoms with E-state index >= 15 is 0 Å². The van der Waals surface area contributed by atoms with Gasteiger partial charge in [-0.3, -0.25) is 0 Å². The van der Waals surface area contributed by atoms with Gasteiger partial charge in [0.15, 0.2) is 11.5 Å². The Bertz CT molecular complexity index is 376. The van der Waals surface area contributed by atoms with E-state index in [1.165, 1.54) is 0 Å². The molecule has 2 N–H and O–H groups in total. The Labute approximate surface area is 109 Å². The molecule has 1 fully saturated rings. The minimum atomic E-state index is 0.550. The number of methoxy groups -OCH3 is 1. The molecule has 1 aliphatic heterocycles. The van der Waals surface area contributed by atoms with Crippen LogP contribution in [-0.4, -0.2) is 32.8 Å². The van der Waals surface area contributed by atoms with E-state index in [2.05, 4.69) is 16.7 Å². The summed E-state index contributed by atoms with van der Waals surface area (Å²) in [6.45, 7) is 4.80. The van der Waals surface area contributed by atoms with Crippen molar-refractivity contribution >= 4 is 5.69 Å². The quantitative estimate of drug-likeness (QED) is 0.841. The molecular weight excluding hydrogens is 228 g/mol. The Morgan fingerprint density at radius 1 is 1.28 bits per heavy atom. The van der Waals surface area contributed by atoms with Crippen molar-refractivity contribution in [1.29, 1.82) is 0 Å². The van der Waals surface area contributed by atoms with Crippen LogP contribution >= 0.6 is 0 Å². The number of hydrogen-bond acceptors (Lipinski definition) is 4. The van der Waals surface area contributed by atoms with E-state index in [0.717, 1.165) is 43.1 Å². The number of rotatable bonds is 5. The Balaban J connectivity index is 2.04. The molecular formula is C14H22N2O2. The molecule has 0 saturated carbocycles. The van der Waals surface area contributed by atoms with Crippen molar-refractivity contribution in [1.82, 2.24) is 5.32 Å². The molecule has 1 heterocycles. The molecule has 0 radical (unpaired) electrons. The van der Waals surface area contributed by atoms with Gasteiger partial charge in [0.05, 0.1) is 13.7 Å². The summed E-state index contributed by atoms with van der Waals surface area (Å²) in [6, 6.07) is 6.57. The summed E-state index contributed by atoms with van der Waals surface area (Å²) in [5.74, 6) is 1.59. The molecule has 0 bridgehead atoms. The zero-order valence-electron chi connectivity index (χ0n) is 11.2. The third kappa shape index (κ3) is 3.29. The fraction of sp³-hybridized carbons (Fsp3) is 0.571. The van der Waals surface area contributed by atoms with Gasteiger partial charge in [-0.1, -0.05) is 0 Å². The predicted molar refractivity (Wildman–Crippen MR) is 73.7 cm³/mol. The van der Waals surface area contributed by atoms with Crippen LogP contribution in [-0.2, 0) is 0 Å². The number of ether oxygens (including phenoxy) is 2. The number of nitrogens with one attached hydrogen (secondary N) is 2. The van der Waals surface area contributed by atoms with E-state index in [-0.39, 0.29) is 0 Å². The van der Waals surface area contributed by atoms with Crippen LogP contribution in [0, 0.1) is 0 Å². The van der Waals surface area contributed by atoms with Gasteiger partial charge >= 0.3 is 0 Å². The fourth-order valence-corrected chi connectivity index (χ4v) is 2.23. The maximum Gasteiger partial charge on any atom is 0.162 e. The van der Waals surface area contributed by atoms with Gasteiger partial charge in [-0.05, 0) is 45.0 Å². The Morgan fingerprint density at radius 2 is 2.06 bits per heavy atom. The van der Waals surface area contributed by atoms with Crippen LogP contribution in [0.2, 0.25) is 0 Å². The molecule has 18 heavy (non-hydrogen) atoms.